The topological polar surface area (TPSA) is 72.2 Å². The van der Waals surface area contributed by atoms with E-state index in [1.165, 1.54) is 0 Å². The number of rotatable bonds is 1. The number of piperidine rings is 1. The number of nitrogens with one attached hydrogen (secondary N) is 1. The number of nitrogens with zero attached hydrogens (tertiary/aromatic N) is 1. The molecule has 1 fully saturated rings. The maximum Gasteiger partial charge on any atom is 0.233 e. The molecule has 2 atom stereocenters. The van der Waals surface area contributed by atoms with Gasteiger partial charge in [0.05, 0.1) is 6.54 Å². The maximum atomic E-state index is 10.7. The molecule has 0 radical (unpaired) electrons. The van der Waals surface area contributed by atoms with E-state index >= 15 is 0 Å². The molecule has 5 nitrogen and oxygen atoms in total. The Morgan fingerprint density at radius 2 is 2.36 bits per heavy atom. The molecule has 5 heteroatoms. The average Bonchev–Trinajstić information content (AvgIpc) is 1.85. The number of hydrogen-bond acceptors (Lipinski definition) is 3. The molecule has 1 heterocycles. The van der Waals surface area contributed by atoms with Gasteiger partial charge in [0.15, 0.2) is 0 Å². The van der Waals surface area contributed by atoms with Crippen LogP contribution in [0.5, 0.6) is 0 Å². The van der Waals surface area contributed by atoms with E-state index in [-0.39, 0.29) is 29.7 Å². The number of nitro groups is 1. The van der Waals surface area contributed by atoms with Crippen LogP contribution in [0.4, 0.5) is 0 Å². The second-order valence-corrected chi connectivity index (χ2v) is 2.84. The summed E-state index contributed by atoms with van der Waals surface area (Å²) in [6, 6.07) is -0.604. The Morgan fingerprint density at radius 3 is 2.82 bits per heavy atom. The summed E-state index contributed by atoms with van der Waals surface area (Å²) in [5, 5.41) is 12.8. The second kappa shape index (κ2) is 2.86. The first-order chi connectivity index (χ1) is 5.11. The van der Waals surface area contributed by atoms with Crippen LogP contribution in [-0.4, -0.2) is 23.4 Å². The maximum absolute atomic E-state index is 10.7. The summed E-state index contributed by atoms with van der Waals surface area (Å²) in [4.78, 5) is 20.7. The standard InChI is InChI=1S/C6H10N2O3/c1-4-2-6(9)7-3-5(4)8(10)11/h4-5H,2-3H2,1H3,(H,7,9)/t4-,5-/m0/s1. The lowest BCUT2D eigenvalue weighted by molar-refractivity contribution is -0.530. The smallest absolute Gasteiger partial charge is 0.233 e. The van der Waals surface area contributed by atoms with E-state index in [4.69, 9.17) is 0 Å². The van der Waals surface area contributed by atoms with E-state index in [1.54, 1.807) is 6.92 Å². The predicted octanol–water partition coefficient (Wildman–Crippen LogP) is -0.212. The molecule has 0 aromatic carbocycles. The third-order valence-electron chi connectivity index (χ3n) is 1.94. The predicted molar refractivity (Wildman–Crippen MR) is 37.6 cm³/mol. The summed E-state index contributed by atoms with van der Waals surface area (Å²) >= 11 is 0. The quantitative estimate of drug-likeness (QED) is 0.424. The number of amides is 1. The molecule has 62 valence electrons. The van der Waals surface area contributed by atoms with E-state index in [2.05, 4.69) is 5.32 Å². The Morgan fingerprint density at radius 1 is 1.73 bits per heavy atom. The average molecular weight is 158 g/mol. The molecule has 0 aromatic heterocycles. The third kappa shape index (κ3) is 1.66. The largest absolute Gasteiger partial charge is 0.349 e. The summed E-state index contributed by atoms with van der Waals surface area (Å²) in [6.07, 6.45) is 0.269. The second-order valence-electron chi connectivity index (χ2n) is 2.84. The Kier molecular flexibility index (Phi) is 2.07. The molecule has 1 amide bonds. The van der Waals surface area contributed by atoms with E-state index < -0.39 is 6.04 Å². The van der Waals surface area contributed by atoms with Crippen molar-refractivity contribution < 1.29 is 9.72 Å². The van der Waals surface area contributed by atoms with Crippen molar-refractivity contribution in [2.75, 3.05) is 6.54 Å². The molecule has 0 spiro atoms. The van der Waals surface area contributed by atoms with Gasteiger partial charge in [-0.3, -0.25) is 14.9 Å². The van der Waals surface area contributed by atoms with Crippen LogP contribution in [0, 0.1) is 16.0 Å². The van der Waals surface area contributed by atoms with Gasteiger partial charge in [-0.2, -0.15) is 0 Å². The van der Waals surface area contributed by atoms with Crippen LogP contribution in [0.3, 0.4) is 0 Å². The van der Waals surface area contributed by atoms with Crippen LogP contribution < -0.4 is 5.32 Å². The lowest BCUT2D eigenvalue weighted by atomic mass is 9.95. The number of carbonyl (C=O) groups excluding carboxylic acids is 1. The fourth-order valence-electron chi connectivity index (χ4n) is 1.20. The molecule has 1 aliphatic rings. The zero-order valence-corrected chi connectivity index (χ0v) is 6.24. The first-order valence-corrected chi connectivity index (χ1v) is 3.51. The molecule has 1 rings (SSSR count). The van der Waals surface area contributed by atoms with Crippen molar-refractivity contribution in [1.82, 2.24) is 5.32 Å². The summed E-state index contributed by atoms with van der Waals surface area (Å²) in [6.45, 7) is 1.90. The molecule has 1 N–H and O–H groups in total. The number of carbonyl (C=O) groups is 1. The highest BCUT2D eigenvalue weighted by atomic mass is 16.6. The molecule has 1 aliphatic heterocycles. The van der Waals surface area contributed by atoms with Crippen LogP contribution in [0.25, 0.3) is 0 Å². The minimum atomic E-state index is -0.604. The fourth-order valence-corrected chi connectivity index (χ4v) is 1.20. The van der Waals surface area contributed by atoms with Gasteiger partial charge in [0.1, 0.15) is 0 Å². The highest BCUT2D eigenvalue weighted by molar-refractivity contribution is 5.77. The van der Waals surface area contributed by atoms with Crippen LogP contribution in [-0.2, 0) is 4.79 Å². The monoisotopic (exact) mass is 158 g/mol. The van der Waals surface area contributed by atoms with Crippen molar-refractivity contribution in [2.24, 2.45) is 5.92 Å². The molecular weight excluding hydrogens is 148 g/mol. The van der Waals surface area contributed by atoms with E-state index in [1.807, 2.05) is 0 Å². The van der Waals surface area contributed by atoms with Gasteiger partial charge in [0.25, 0.3) is 0 Å². The normalized spacial score (nSPS) is 31.2. The Balaban J connectivity index is 2.57. The van der Waals surface area contributed by atoms with Crippen molar-refractivity contribution >= 4 is 5.91 Å². The lowest BCUT2D eigenvalue weighted by Crippen LogP contribution is -2.46. The summed E-state index contributed by atoms with van der Waals surface area (Å²) < 4.78 is 0. The van der Waals surface area contributed by atoms with Crippen molar-refractivity contribution in [3.8, 4) is 0 Å². The van der Waals surface area contributed by atoms with Crippen LogP contribution >= 0.6 is 0 Å². The van der Waals surface area contributed by atoms with Gasteiger partial charge in [0.2, 0.25) is 11.9 Å². The highest BCUT2D eigenvalue weighted by Crippen LogP contribution is 2.14. The minimum Gasteiger partial charge on any atom is -0.349 e. The molecule has 0 unspecified atom stereocenters. The molecule has 0 bridgehead atoms. The third-order valence-corrected chi connectivity index (χ3v) is 1.94. The van der Waals surface area contributed by atoms with Gasteiger partial charge in [-0.15, -0.1) is 0 Å². The zero-order valence-electron chi connectivity index (χ0n) is 6.24. The van der Waals surface area contributed by atoms with Crippen molar-refractivity contribution in [1.29, 1.82) is 0 Å². The van der Waals surface area contributed by atoms with Gasteiger partial charge >= 0.3 is 0 Å². The Hall–Kier alpha value is -1.13. The van der Waals surface area contributed by atoms with Crippen LogP contribution in [0.1, 0.15) is 13.3 Å². The molecule has 0 saturated carbocycles. The molecule has 0 aromatic rings. The zero-order chi connectivity index (χ0) is 8.43. The molecule has 11 heavy (non-hydrogen) atoms. The number of hydrogen-bond donors (Lipinski definition) is 1. The minimum absolute atomic E-state index is 0.0874. The van der Waals surface area contributed by atoms with Crippen LogP contribution in [0.15, 0.2) is 0 Å². The van der Waals surface area contributed by atoms with Gasteiger partial charge in [-0.05, 0) is 0 Å². The van der Waals surface area contributed by atoms with Gasteiger partial charge < -0.3 is 5.32 Å². The summed E-state index contributed by atoms with van der Waals surface area (Å²) in [7, 11) is 0. The fraction of sp³-hybridized carbons (Fsp3) is 0.833. The SMILES string of the molecule is C[C@H]1CC(=O)NC[C@@H]1[N+](=O)[O-]. The first-order valence-electron chi connectivity index (χ1n) is 3.51. The molecule has 0 aliphatic carbocycles. The Bertz CT molecular complexity index is 192. The van der Waals surface area contributed by atoms with Crippen LogP contribution in [0.2, 0.25) is 0 Å². The van der Waals surface area contributed by atoms with Gasteiger partial charge in [-0.25, -0.2) is 0 Å². The Labute approximate surface area is 63.9 Å². The molecular formula is C6H10N2O3. The van der Waals surface area contributed by atoms with Crippen molar-refractivity contribution in [3.05, 3.63) is 10.1 Å². The lowest BCUT2D eigenvalue weighted by Gasteiger charge is -2.21. The van der Waals surface area contributed by atoms with Gasteiger partial charge in [-0.1, -0.05) is 6.92 Å². The van der Waals surface area contributed by atoms with Gasteiger partial charge in [0, 0.05) is 17.3 Å². The van der Waals surface area contributed by atoms with Crippen molar-refractivity contribution in [3.63, 3.8) is 0 Å². The van der Waals surface area contributed by atoms with E-state index in [0.717, 1.165) is 0 Å². The first kappa shape index (κ1) is 7.97. The molecule has 1 saturated heterocycles. The highest BCUT2D eigenvalue weighted by Gasteiger charge is 2.33. The summed E-state index contributed by atoms with van der Waals surface area (Å²) in [5.41, 5.74) is 0. The van der Waals surface area contributed by atoms with E-state index in [9.17, 15) is 14.9 Å². The van der Waals surface area contributed by atoms with E-state index in [0.29, 0.717) is 0 Å². The van der Waals surface area contributed by atoms with Crippen molar-refractivity contribution in [2.45, 2.75) is 19.4 Å². The summed E-state index contributed by atoms with van der Waals surface area (Å²) in [5.74, 6) is -0.227.